The number of aromatic nitrogens is 2. The van der Waals surface area contributed by atoms with Crippen LogP contribution in [0.5, 0.6) is 5.75 Å². The Morgan fingerprint density at radius 3 is 2.20 bits per heavy atom. The van der Waals surface area contributed by atoms with E-state index < -0.39 is 55.0 Å². The van der Waals surface area contributed by atoms with Gasteiger partial charge in [0.05, 0.1) is 32.3 Å². The molecule has 3 fully saturated rings. The number of nitrogens with zero attached hydrogens (tertiary/aromatic N) is 5. The van der Waals surface area contributed by atoms with E-state index in [9.17, 15) is 34.0 Å². The van der Waals surface area contributed by atoms with Gasteiger partial charge in [0.2, 0.25) is 11.9 Å². The number of β-amino-alcohol motifs (C(OH)–C–C–N with tert-alkyl or cyclic N) is 1. The molecule has 49 heavy (non-hydrogen) atoms. The highest BCUT2D eigenvalue weighted by Crippen LogP contribution is 2.50. The Balaban J connectivity index is 1.00. The van der Waals surface area contributed by atoms with Crippen LogP contribution in [0.4, 0.5) is 14.7 Å². The average Bonchev–Trinajstić information content (AvgIpc) is 3.89. The van der Waals surface area contributed by atoms with Gasteiger partial charge in [-0.25, -0.2) is 18.7 Å². The van der Waals surface area contributed by atoms with Crippen molar-refractivity contribution in [3.05, 3.63) is 47.3 Å². The van der Waals surface area contributed by atoms with Crippen LogP contribution >= 0.6 is 0 Å². The summed E-state index contributed by atoms with van der Waals surface area (Å²) in [6, 6.07) is 2.25. The van der Waals surface area contributed by atoms with E-state index in [4.69, 9.17) is 14.6 Å². The Kier molecular flexibility index (Phi) is 13.1. The normalized spacial score (nSPS) is 22.9. The highest BCUT2D eigenvalue weighted by molar-refractivity contribution is 5.79. The third-order valence-electron chi connectivity index (χ3n) is 10.1. The van der Waals surface area contributed by atoms with Crippen LogP contribution in [0.1, 0.15) is 36.8 Å². The molecule has 1 aliphatic carbocycles. The molecular formula is C34H49F2N5O8. The molecule has 2 saturated heterocycles. The maximum Gasteiger partial charge on any atom is 0.227 e. The number of rotatable bonds is 16. The van der Waals surface area contributed by atoms with Gasteiger partial charge in [-0.2, -0.15) is 0 Å². The summed E-state index contributed by atoms with van der Waals surface area (Å²) in [7, 11) is 1.64. The number of methoxy groups -OCH3 is 1. The molecule has 0 bridgehead atoms. The van der Waals surface area contributed by atoms with Crippen LogP contribution in [0.25, 0.3) is 0 Å². The topological polar surface area (TPSA) is 172 Å². The molecule has 0 spiro atoms. The number of halogens is 2. The quantitative estimate of drug-likeness (QED) is 0.164. The lowest BCUT2D eigenvalue weighted by Crippen LogP contribution is -2.54. The van der Waals surface area contributed by atoms with Crippen LogP contribution in [0, 0.1) is 29.4 Å². The van der Waals surface area contributed by atoms with Crippen LogP contribution in [0.15, 0.2) is 24.5 Å². The molecule has 5 N–H and O–H groups in total. The Bertz CT molecular complexity index is 1340. The van der Waals surface area contributed by atoms with E-state index in [0.29, 0.717) is 44.1 Å². The van der Waals surface area contributed by atoms with Crippen molar-refractivity contribution in [2.24, 2.45) is 17.8 Å². The Morgan fingerprint density at radius 2 is 1.59 bits per heavy atom. The first-order valence-corrected chi connectivity index (χ1v) is 17.1. The van der Waals surface area contributed by atoms with Crippen molar-refractivity contribution in [1.29, 1.82) is 0 Å². The lowest BCUT2D eigenvalue weighted by atomic mass is 9.90. The van der Waals surface area contributed by atoms with Gasteiger partial charge in [0.15, 0.2) is 0 Å². The smallest absolute Gasteiger partial charge is 0.227 e. The highest BCUT2D eigenvalue weighted by Gasteiger charge is 2.43. The molecule has 3 heterocycles. The molecule has 3 aliphatic rings. The van der Waals surface area contributed by atoms with E-state index in [-0.39, 0.29) is 30.9 Å². The molecule has 272 valence electrons. The van der Waals surface area contributed by atoms with Gasteiger partial charge in [-0.1, -0.05) is 0 Å². The fourth-order valence-electron chi connectivity index (χ4n) is 7.00. The van der Waals surface area contributed by atoms with E-state index >= 15 is 0 Å². The van der Waals surface area contributed by atoms with Crippen molar-refractivity contribution in [3.8, 4) is 5.75 Å². The molecule has 0 unspecified atom stereocenters. The summed E-state index contributed by atoms with van der Waals surface area (Å²) in [5, 5.41) is 48.5. The molecule has 2 aromatic rings. The van der Waals surface area contributed by atoms with Crippen LogP contribution < -0.4 is 9.64 Å². The van der Waals surface area contributed by atoms with Crippen molar-refractivity contribution in [1.82, 2.24) is 19.8 Å². The number of piperidine rings is 1. The number of ether oxygens (including phenoxy) is 2. The zero-order valence-electron chi connectivity index (χ0n) is 27.9. The van der Waals surface area contributed by atoms with Gasteiger partial charge in [-0.05, 0) is 43.4 Å². The van der Waals surface area contributed by atoms with E-state index in [1.165, 1.54) is 4.90 Å². The standard InChI is InChI=1S/C34H49F2N5O8/c1-48-20-21-16-37-34(38-17-21)41-5-2-22(3-6-41)25-12-23(25)4-11-49-24-13-27(35)26(28(36)14-24)15-31(45)40-9-7-39(8-10-40)18-29(43)32(46)33(47)30(44)19-42/h13-14,16-17,22-23,25,29-30,32-33,42-44,46-47H,2-12,15,18-20H2,1H3/t23-,25-,29+,30-,32-,33-/m1/s1. The van der Waals surface area contributed by atoms with E-state index in [1.807, 2.05) is 0 Å². The molecule has 1 aromatic heterocycles. The lowest BCUT2D eigenvalue weighted by molar-refractivity contribution is -0.134. The molecule has 1 aromatic carbocycles. The van der Waals surface area contributed by atoms with Crippen LogP contribution in [-0.4, -0.2) is 142 Å². The Morgan fingerprint density at radius 1 is 0.959 bits per heavy atom. The lowest BCUT2D eigenvalue weighted by Gasteiger charge is -2.37. The molecule has 5 rings (SSSR count). The average molecular weight is 694 g/mol. The summed E-state index contributed by atoms with van der Waals surface area (Å²) < 4.78 is 40.8. The third kappa shape index (κ3) is 9.81. The largest absolute Gasteiger partial charge is 0.493 e. The van der Waals surface area contributed by atoms with Crippen molar-refractivity contribution in [2.45, 2.75) is 63.1 Å². The van der Waals surface area contributed by atoms with E-state index in [1.54, 1.807) is 24.4 Å². The van der Waals surface area contributed by atoms with Crippen molar-refractivity contribution < 1.29 is 48.6 Å². The minimum atomic E-state index is -1.72. The Labute approximate surface area is 285 Å². The molecule has 1 saturated carbocycles. The van der Waals surface area contributed by atoms with Gasteiger partial charge in [0.1, 0.15) is 35.7 Å². The van der Waals surface area contributed by atoms with Crippen LogP contribution in [-0.2, 0) is 22.6 Å². The minimum Gasteiger partial charge on any atom is -0.493 e. The van der Waals surface area contributed by atoms with Crippen molar-refractivity contribution >= 4 is 11.9 Å². The van der Waals surface area contributed by atoms with Crippen LogP contribution in [0.3, 0.4) is 0 Å². The maximum atomic E-state index is 15.0. The summed E-state index contributed by atoms with van der Waals surface area (Å²) in [4.78, 5) is 27.3. The Hall–Kier alpha value is -3.05. The predicted molar refractivity (Wildman–Crippen MR) is 174 cm³/mol. The predicted octanol–water partition coefficient (Wildman–Crippen LogP) is 0.345. The number of aliphatic hydroxyl groups is 5. The summed E-state index contributed by atoms with van der Waals surface area (Å²) in [6.07, 6.45) is 0.877. The molecule has 2 aliphatic heterocycles. The fraction of sp³-hybridized carbons (Fsp3) is 0.676. The monoisotopic (exact) mass is 693 g/mol. The molecule has 0 radical (unpaired) electrons. The van der Waals surface area contributed by atoms with Crippen molar-refractivity contribution in [2.75, 3.05) is 71.0 Å². The molecule has 1 amide bonds. The second kappa shape index (κ2) is 17.2. The van der Waals surface area contributed by atoms with Crippen LogP contribution in [0.2, 0.25) is 0 Å². The van der Waals surface area contributed by atoms with Gasteiger partial charge >= 0.3 is 0 Å². The molecule has 6 atom stereocenters. The van der Waals surface area contributed by atoms with Gasteiger partial charge in [0.25, 0.3) is 0 Å². The number of hydrogen-bond acceptors (Lipinski definition) is 12. The van der Waals surface area contributed by atoms with Crippen molar-refractivity contribution in [3.63, 3.8) is 0 Å². The number of hydrogen-bond donors (Lipinski definition) is 5. The van der Waals surface area contributed by atoms with Gasteiger partial charge in [0, 0.05) is 88.6 Å². The SMILES string of the molecule is COCc1cnc(N2CCC([C@H]3C[C@H]3CCOc3cc(F)c(CC(=O)N4CCN(C[C@H](O)[C@@H](O)[C@H](O)[C@H](O)CO)CC4)c(F)c3)CC2)nc1. The fourth-order valence-corrected chi connectivity index (χ4v) is 7.00. The number of benzene rings is 1. The summed E-state index contributed by atoms with van der Waals surface area (Å²) >= 11 is 0. The first kappa shape index (κ1) is 37.2. The number of amides is 1. The van der Waals surface area contributed by atoms with Gasteiger partial charge < -0.3 is 44.8 Å². The maximum absolute atomic E-state index is 15.0. The number of piperazine rings is 1. The zero-order chi connectivity index (χ0) is 35.1. The highest BCUT2D eigenvalue weighted by atomic mass is 19.1. The van der Waals surface area contributed by atoms with Gasteiger partial charge in [-0.3, -0.25) is 9.69 Å². The number of carbonyl (C=O) groups excluding carboxylic acids is 1. The van der Waals surface area contributed by atoms with Gasteiger partial charge in [-0.15, -0.1) is 0 Å². The second-order valence-corrected chi connectivity index (χ2v) is 13.5. The number of anilines is 1. The third-order valence-corrected chi connectivity index (χ3v) is 10.1. The first-order valence-electron chi connectivity index (χ1n) is 17.1. The zero-order valence-corrected chi connectivity index (χ0v) is 27.9. The molecule has 13 nitrogen and oxygen atoms in total. The summed E-state index contributed by atoms with van der Waals surface area (Å²) in [6.45, 7) is 3.01. The molecular weight excluding hydrogens is 644 g/mol. The molecule has 15 heteroatoms. The van der Waals surface area contributed by atoms with E-state index in [2.05, 4.69) is 14.9 Å². The first-order chi connectivity index (χ1) is 23.6. The summed E-state index contributed by atoms with van der Waals surface area (Å²) in [5.41, 5.74) is 0.625. The number of aliphatic hydroxyl groups excluding tert-OH is 5. The second-order valence-electron chi connectivity index (χ2n) is 13.5. The van der Waals surface area contributed by atoms with E-state index in [0.717, 1.165) is 62.4 Å². The number of carbonyl (C=O) groups is 1. The summed E-state index contributed by atoms with van der Waals surface area (Å²) in [5.74, 6) is 0.536. The minimum absolute atomic E-state index is 0.0364.